The molecule has 2 aromatic heterocycles. The van der Waals surface area contributed by atoms with E-state index in [9.17, 15) is 9.59 Å². The minimum atomic E-state index is -0.427. The lowest BCUT2D eigenvalue weighted by atomic mass is 10.0. The molecule has 0 unspecified atom stereocenters. The predicted molar refractivity (Wildman–Crippen MR) is 92.5 cm³/mol. The summed E-state index contributed by atoms with van der Waals surface area (Å²) >= 11 is 1.27. The van der Waals surface area contributed by atoms with Crippen LogP contribution in [0.3, 0.4) is 0 Å². The van der Waals surface area contributed by atoms with Crippen molar-refractivity contribution in [2.45, 2.75) is 32.2 Å². The van der Waals surface area contributed by atoms with Crippen LogP contribution in [-0.2, 0) is 4.74 Å². The molecule has 1 aliphatic heterocycles. The van der Waals surface area contributed by atoms with Gasteiger partial charge in [0.1, 0.15) is 10.4 Å². The molecule has 0 saturated carbocycles. The molecule has 1 amide bonds. The number of thiophene rings is 1. The molecule has 0 spiro atoms. The van der Waals surface area contributed by atoms with Crippen molar-refractivity contribution in [3.05, 3.63) is 16.1 Å². The maximum Gasteiger partial charge on any atom is 0.350 e. The number of ether oxygens (including phenoxy) is 1. The molecule has 3 rings (SSSR count). The summed E-state index contributed by atoms with van der Waals surface area (Å²) in [6.45, 7) is 4.63. The number of fused-ring (bicyclic) bond motifs is 1. The molecule has 0 atom stereocenters. The van der Waals surface area contributed by atoms with E-state index in [0.717, 1.165) is 32.4 Å². The van der Waals surface area contributed by atoms with Crippen molar-refractivity contribution in [3.8, 4) is 0 Å². The van der Waals surface area contributed by atoms with Gasteiger partial charge in [0.2, 0.25) is 0 Å². The molecule has 7 nitrogen and oxygen atoms in total. The van der Waals surface area contributed by atoms with Gasteiger partial charge >= 0.3 is 5.97 Å². The van der Waals surface area contributed by atoms with Crippen LogP contribution in [-0.4, -0.2) is 59.5 Å². The summed E-state index contributed by atoms with van der Waals surface area (Å²) in [5.74, 6) is -0.227. The summed E-state index contributed by atoms with van der Waals surface area (Å²) in [6.07, 6.45) is 2.80. The van der Waals surface area contributed by atoms with E-state index in [1.807, 2.05) is 4.90 Å². The molecule has 0 aromatic carbocycles. The number of nitrogens with zero attached hydrogens (tertiary/aromatic N) is 2. The molecule has 0 radical (unpaired) electrons. The summed E-state index contributed by atoms with van der Waals surface area (Å²) in [6, 6.07) is 0.237. The predicted octanol–water partition coefficient (Wildman–Crippen LogP) is 2.02. The Labute approximate surface area is 144 Å². The standard InChI is InChI=1S/C16H22N4O3S/c1-3-8-20(10-4-6-17-7-5-10)15(21)14-18-11-9-24-13(12(11)19-14)16(22)23-2/h9-10,17H,3-8H2,1-2H3,(H,18,19). The average molecular weight is 350 g/mol. The Balaban J connectivity index is 1.88. The minimum absolute atomic E-state index is 0.0965. The number of esters is 1. The van der Waals surface area contributed by atoms with Crippen molar-refractivity contribution in [1.82, 2.24) is 20.2 Å². The molecule has 2 aromatic rings. The lowest BCUT2D eigenvalue weighted by Gasteiger charge is -2.34. The third-order valence-electron chi connectivity index (χ3n) is 4.29. The fourth-order valence-corrected chi connectivity index (χ4v) is 3.96. The van der Waals surface area contributed by atoms with Gasteiger partial charge in [-0.25, -0.2) is 9.78 Å². The number of rotatable bonds is 5. The van der Waals surface area contributed by atoms with Gasteiger partial charge in [0, 0.05) is 18.0 Å². The zero-order valence-corrected chi connectivity index (χ0v) is 14.7. The van der Waals surface area contributed by atoms with E-state index in [0.29, 0.717) is 28.3 Å². The second kappa shape index (κ2) is 7.31. The van der Waals surface area contributed by atoms with Crippen LogP contribution in [0.25, 0.3) is 11.0 Å². The van der Waals surface area contributed by atoms with Crippen LogP contribution in [0.4, 0.5) is 0 Å². The molecule has 0 bridgehead atoms. The molecule has 130 valence electrons. The molecule has 8 heteroatoms. The van der Waals surface area contributed by atoms with Gasteiger partial charge in [0.15, 0.2) is 5.82 Å². The van der Waals surface area contributed by atoms with E-state index in [1.165, 1.54) is 18.4 Å². The Kier molecular flexibility index (Phi) is 5.15. The lowest BCUT2D eigenvalue weighted by Crippen LogP contribution is -2.46. The number of nitrogens with one attached hydrogen (secondary N) is 2. The van der Waals surface area contributed by atoms with E-state index in [4.69, 9.17) is 4.74 Å². The Morgan fingerprint density at radius 1 is 1.42 bits per heavy atom. The van der Waals surface area contributed by atoms with Crippen LogP contribution in [0.2, 0.25) is 0 Å². The van der Waals surface area contributed by atoms with Gasteiger partial charge in [-0.15, -0.1) is 11.3 Å². The summed E-state index contributed by atoms with van der Waals surface area (Å²) in [4.78, 5) is 34.5. The van der Waals surface area contributed by atoms with E-state index in [-0.39, 0.29) is 11.9 Å². The number of hydrogen-bond donors (Lipinski definition) is 2. The first-order valence-corrected chi connectivity index (χ1v) is 9.10. The number of methoxy groups -OCH3 is 1. The van der Waals surface area contributed by atoms with Gasteiger partial charge < -0.3 is 19.9 Å². The van der Waals surface area contributed by atoms with E-state index in [1.54, 1.807) is 5.38 Å². The number of piperidine rings is 1. The van der Waals surface area contributed by atoms with Crippen LogP contribution >= 0.6 is 11.3 Å². The van der Waals surface area contributed by atoms with Gasteiger partial charge in [-0.2, -0.15) is 0 Å². The molecule has 2 N–H and O–H groups in total. The Morgan fingerprint density at radius 2 is 2.17 bits per heavy atom. The summed E-state index contributed by atoms with van der Waals surface area (Å²) in [5.41, 5.74) is 1.21. The summed E-state index contributed by atoms with van der Waals surface area (Å²) in [7, 11) is 1.34. The number of imidazole rings is 1. The van der Waals surface area contributed by atoms with Crippen LogP contribution in [0, 0.1) is 0 Å². The molecule has 1 aliphatic rings. The van der Waals surface area contributed by atoms with Crippen LogP contribution in [0.15, 0.2) is 5.38 Å². The molecule has 3 heterocycles. The highest BCUT2D eigenvalue weighted by Crippen LogP contribution is 2.25. The molecule has 1 saturated heterocycles. The Bertz CT molecular complexity index is 733. The zero-order chi connectivity index (χ0) is 17.1. The molecule has 1 fully saturated rings. The van der Waals surface area contributed by atoms with Gasteiger partial charge in [0.25, 0.3) is 5.91 Å². The molecule has 24 heavy (non-hydrogen) atoms. The fraction of sp³-hybridized carbons (Fsp3) is 0.562. The van der Waals surface area contributed by atoms with Gasteiger partial charge in [-0.1, -0.05) is 6.92 Å². The summed E-state index contributed by atoms with van der Waals surface area (Å²) in [5, 5.41) is 5.11. The van der Waals surface area contributed by atoms with Gasteiger partial charge in [-0.05, 0) is 32.4 Å². The second-order valence-corrected chi connectivity index (χ2v) is 6.76. The summed E-state index contributed by atoms with van der Waals surface area (Å²) < 4.78 is 4.77. The first kappa shape index (κ1) is 16.9. The molecule has 0 aliphatic carbocycles. The maximum absolute atomic E-state index is 13.0. The quantitative estimate of drug-likeness (QED) is 0.806. The Morgan fingerprint density at radius 3 is 2.83 bits per heavy atom. The van der Waals surface area contributed by atoms with Crippen molar-refractivity contribution in [2.75, 3.05) is 26.7 Å². The van der Waals surface area contributed by atoms with Gasteiger partial charge in [0.05, 0.1) is 12.6 Å². The monoisotopic (exact) mass is 350 g/mol. The van der Waals surface area contributed by atoms with Crippen molar-refractivity contribution < 1.29 is 14.3 Å². The lowest BCUT2D eigenvalue weighted by molar-refractivity contribution is 0.0604. The molecular formula is C16H22N4O3S. The number of carbonyl (C=O) groups is 2. The number of H-pyrrole nitrogens is 1. The highest BCUT2D eigenvalue weighted by atomic mass is 32.1. The highest BCUT2D eigenvalue weighted by molar-refractivity contribution is 7.13. The fourth-order valence-electron chi connectivity index (χ4n) is 3.10. The minimum Gasteiger partial charge on any atom is -0.465 e. The maximum atomic E-state index is 13.0. The van der Waals surface area contributed by atoms with Crippen molar-refractivity contribution in [2.24, 2.45) is 0 Å². The van der Waals surface area contributed by atoms with Crippen molar-refractivity contribution in [1.29, 1.82) is 0 Å². The van der Waals surface area contributed by atoms with Crippen LogP contribution in [0.1, 0.15) is 46.5 Å². The van der Waals surface area contributed by atoms with Gasteiger partial charge in [-0.3, -0.25) is 4.79 Å². The number of carbonyl (C=O) groups excluding carboxylic acids is 2. The molecular weight excluding hydrogens is 328 g/mol. The number of aromatic nitrogens is 2. The van der Waals surface area contributed by atoms with Crippen molar-refractivity contribution >= 4 is 34.2 Å². The largest absolute Gasteiger partial charge is 0.465 e. The third kappa shape index (κ3) is 3.16. The first-order valence-electron chi connectivity index (χ1n) is 8.23. The van der Waals surface area contributed by atoms with Crippen LogP contribution < -0.4 is 5.32 Å². The Hall–Kier alpha value is -1.93. The zero-order valence-electron chi connectivity index (χ0n) is 13.9. The first-order chi connectivity index (χ1) is 11.7. The third-order valence-corrected chi connectivity index (χ3v) is 5.24. The smallest absolute Gasteiger partial charge is 0.350 e. The average Bonchev–Trinajstić information content (AvgIpc) is 3.19. The van der Waals surface area contributed by atoms with E-state index >= 15 is 0 Å². The van der Waals surface area contributed by atoms with E-state index < -0.39 is 5.97 Å². The van der Waals surface area contributed by atoms with Crippen molar-refractivity contribution in [3.63, 3.8) is 0 Å². The second-order valence-electron chi connectivity index (χ2n) is 5.88. The van der Waals surface area contributed by atoms with Crippen LogP contribution in [0.5, 0.6) is 0 Å². The normalized spacial score (nSPS) is 15.6. The topological polar surface area (TPSA) is 87.3 Å². The number of amides is 1. The SMILES string of the molecule is CCCN(C(=O)c1nc2c(C(=O)OC)scc2[nH]1)C1CCNCC1. The van der Waals surface area contributed by atoms with E-state index in [2.05, 4.69) is 22.2 Å². The highest BCUT2D eigenvalue weighted by Gasteiger charge is 2.28. The number of aromatic amines is 1. The number of hydrogen-bond acceptors (Lipinski definition) is 6.